The summed E-state index contributed by atoms with van der Waals surface area (Å²) in [6.07, 6.45) is 2.41. The quantitative estimate of drug-likeness (QED) is 0.878. The van der Waals surface area contributed by atoms with Crippen molar-refractivity contribution in [2.45, 2.75) is 38.6 Å². The molecule has 18 heavy (non-hydrogen) atoms. The summed E-state index contributed by atoms with van der Waals surface area (Å²) in [5, 5.41) is 3.43. The number of hydrogen-bond donors (Lipinski definition) is 1. The number of nitrogens with one attached hydrogen (secondary N) is 1. The van der Waals surface area contributed by atoms with Gasteiger partial charge in [0.25, 0.3) is 0 Å². The topological polar surface area (TPSA) is 29.9 Å². The lowest BCUT2D eigenvalue weighted by Crippen LogP contribution is -2.28. The summed E-state index contributed by atoms with van der Waals surface area (Å²) in [5.41, 5.74) is 2.42. The van der Waals surface area contributed by atoms with Crippen LogP contribution in [0.3, 0.4) is 0 Å². The van der Waals surface area contributed by atoms with Crippen LogP contribution in [0.15, 0.2) is 24.3 Å². The summed E-state index contributed by atoms with van der Waals surface area (Å²) in [5.74, 6) is 1.90. The van der Waals surface area contributed by atoms with E-state index in [9.17, 15) is 0 Å². The van der Waals surface area contributed by atoms with Crippen LogP contribution in [0.1, 0.15) is 44.5 Å². The smallest absolute Gasteiger partial charge is 0.113 e. The first kappa shape index (κ1) is 11.7. The van der Waals surface area contributed by atoms with Crippen molar-refractivity contribution >= 4 is 11.0 Å². The molecule has 0 unspecified atom stereocenters. The van der Waals surface area contributed by atoms with Crippen molar-refractivity contribution in [2.75, 3.05) is 13.1 Å². The molecular formula is C15H21N3. The molecule has 0 spiro atoms. The van der Waals surface area contributed by atoms with Crippen LogP contribution >= 0.6 is 0 Å². The fourth-order valence-corrected chi connectivity index (χ4v) is 2.97. The van der Waals surface area contributed by atoms with Gasteiger partial charge in [-0.1, -0.05) is 12.1 Å². The number of rotatable bonds is 2. The van der Waals surface area contributed by atoms with Gasteiger partial charge in [0.15, 0.2) is 0 Å². The van der Waals surface area contributed by atoms with Crippen molar-refractivity contribution in [3.8, 4) is 0 Å². The second-order valence-electron chi connectivity index (χ2n) is 5.45. The molecule has 3 rings (SSSR count). The number of piperidine rings is 1. The fraction of sp³-hybridized carbons (Fsp3) is 0.533. The number of imidazole rings is 1. The first-order chi connectivity index (χ1) is 8.77. The van der Waals surface area contributed by atoms with Crippen LogP contribution in [0.2, 0.25) is 0 Å². The number of nitrogens with zero attached hydrogens (tertiary/aromatic N) is 2. The number of benzene rings is 1. The van der Waals surface area contributed by atoms with E-state index < -0.39 is 0 Å². The van der Waals surface area contributed by atoms with Crippen LogP contribution in [0, 0.1) is 0 Å². The van der Waals surface area contributed by atoms with Gasteiger partial charge in [0.05, 0.1) is 11.0 Å². The largest absolute Gasteiger partial charge is 0.325 e. The van der Waals surface area contributed by atoms with E-state index in [-0.39, 0.29) is 0 Å². The van der Waals surface area contributed by atoms with E-state index in [1.807, 2.05) is 0 Å². The lowest BCUT2D eigenvalue weighted by Gasteiger charge is -2.24. The average Bonchev–Trinajstić information content (AvgIpc) is 2.79. The maximum Gasteiger partial charge on any atom is 0.113 e. The zero-order valence-corrected chi connectivity index (χ0v) is 11.2. The predicted molar refractivity (Wildman–Crippen MR) is 75.0 cm³/mol. The molecule has 3 heteroatoms. The average molecular weight is 243 g/mol. The monoisotopic (exact) mass is 243 g/mol. The highest BCUT2D eigenvalue weighted by atomic mass is 15.1. The van der Waals surface area contributed by atoms with Gasteiger partial charge in [0, 0.05) is 12.0 Å². The molecule has 1 aromatic carbocycles. The molecule has 2 heterocycles. The molecule has 1 aliphatic heterocycles. The van der Waals surface area contributed by atoms with Crippen LogP contribution in [-0.4, -0.2) is 22.6 Å². The zero-order chi connectivity index (χ0) is 12.5. The molecule has 1 aliphatic rings. The van der Waals surface area contributed by atoms with Gasteiger partial charge in [-0.3, -0.25) is 0 Å². The van der Waals surface area contributed by atoms with E-state index in [4.69, 9.17) is 4.98 Å². The van der Waals surface area contributed by atoms with E-state index in [2.05, 4.69) is 48.0 Å². The van der Waals surface area contributed by atoms with Gasteiger partial charge in [-0.05, 0) is 51.9 Å². The number of para-hydroxylation sites is 2. The Kier molecular flexibility index (Phi) is 3.08. The van der Waals surface area contributed by atoms with Crippen LogP contribution in [0.4, 0.5) is 0 Å². The Balaban J connectivity index is 2.11. The van der Waals surface area contributed by atoms with Crippen molar-refractivity contribution in [1.82, 2.24) is 14.9 Å². The van der Waals surface area contributed by atoms with Gasteiger partial charge < -0.3 is 9.88 Å². The molecule has 0 saturated carbocycles. The molecule has 0 amide bonds. The summed E-state index contributed by atoms with van der Waals surface area (Å²) in [7, 11) is 0. The first-order valence-electron chi connectivity index (χ1n) is 6.95. The lowest BCUT2D eigenvalue weighted by atomic mass is 9.97. The van der Waals surface area contributed by atoms with Crippen LogP contribution in [0.25, 0.3) is 11.0 Å². The molecule has 1 saturated heterocycles. The molecule has 2 aromatic rings. The molecular weight excluding hydrogens is 222 g/mol. The highest BCUT2D eigenvalue weighted by molar-refractivity contribution is 5.76. The Labute approximate surface area is 108 Å². The summed E-state index contributed by atoms with van der Waals surface area (Å²) in [4.78, 5) is 4.89. The Morgan fingerprint density at radius 2 is 1.94 bits per heavy atom. The molecule has 0 bridgehead atoms. The standard InChI is InChI=1S/C15H21N3/c1-11(2)18-14-6-4-3-5-13(14)17-15(18)12-7-9-16-10-8-12/h3-6,11-12,16H,7-10H2,1-2H3. The third-order valence-corrected chi connectivity index (χ3v) is 3.84. The fourth-order valence-electron chi connectivity index (χ4n) is 2.97. The zero-order valence-electron chi connectivity index (χ0n) is 11.2. The number of aromatic nitrogens is 2. The minimum Gasteiger partial charge on any atom is -0.325 e. The molecule has 0 aliphatic carbocycles. The summed E-state index contributed by atoms with van der Waals surface area (Å²) in [6.45, 7) is 6.73. The van der Waals surface area contributed by atoms with Gasteiger partial charge in [-0.2, -0.15) is 0 Å². The lowest BCUT2D eigenvalue weighted by molar-refractivity contribution is 0.423. The minimum absolute atomic E-state index is 0.474. The van der Waals surface area contributed by atoms with Crippen molar-refractivity contribution < 1.29 is 0 Å². The third kappa shape index (κ3) is 1.93. The van der Waals surface area contributed by atoms with E-state index in [1.54, 1.807) is 0 Å². The van der Waals surface area contributed by atoms with Gasteiger partial charge in [0.2, 0.25) is 0 Å². The van der Waals surface area contributed by atoms with E-state index >= 15 is 0 Å². The summed E-state index contributed by atoms with van der Waals surface area (Å²) < 4.78 is 2.42. The van der Waals surface area contributed by atoms with Gasteiger partial charge >= 0.3 is 0 Å². The maximum atomic E-state index is 4.89. The maximum absolute atomic E-state index is 4.89. The first-order valence-corrected chi connectivity index (χ1v) is 6.95. The third-order valence-electron chi connectivity index (χ3n) is 3.84. The van der Waals surface area contributed by atoms with Crippen molar-refractivity contribution in [2.24, 2.45) is 0 Å². The Morgan fingerprint density at radius 1 is 1.22 bits per heavy atom. The van der Waals surface area contributed by atoms with Crippen molar-refractivity contribution in [1.29, 1.82) is 0 Å². The normalized spacial score (nSPS) is 17.7. The number of fused-ring (bicyclic) bond motifs is 1. The van der Waals surface area contributed by atoms with Crippen LogP contribution in [0.5, 0.6) is 0 Å². The molecule has 1 N–H and O–H groups in total. The molecule has 1 fully saturated rings. The Bertz CT molecular complexity index is 536. The molecule has 1 aromatic heterocycles. The number of hydrogen-bond acceptors (Lipinski definition) is 2. The van der Waals surface area contributed by atoms with E-state index in [1.165, 1.54) is 24.2 Å². The molecule has 0 radical (unpaired) electrons. The predicted octanol–water partition coefficient (Wildman–Crippen LogP) is 3.08. The van der Waals surface area contributed by atoms with Crippen LogP contribution < -0.4 is 5.32 Å². The Hall–Kier alpha value is -1.35. The van der Waals surface area contributed by atoms with E-state index in [0.29, 0.717) is 12.0 Å². The van der Waals surface area contributed by atoms with Gasteiger partial charge in [-0.15, -0.1) is 0 Å². The summed E-state index contributed by atoms with van der Waals surface area (Å²) >= 11 is 0. The summed E-state index contributed by atoms with van der Waals surface area (Å²) in [6, 6.07) is 8.97. The molecule has 96 valence electrons. The van der Waals surface area contributed by atoms with Crippen LogP contribution in [-0.2, 0) is 0 Å². The molecule has 0 atom stereocenters. The van der Waals surface area contributed by atoms with Gasteiger partial charge in [-0.25, -0.2) is 4.98 Å². The van der Waals surface area contributed by atoms with Crippen molar-refractivity contribution in [3.05, 3.63) is 30.1 Å². The van der Waals surface area contributed by atoms with Gasteiger partial charge in [0.1, 0.15) is 5.82 Å². The highest BCUT2D eigenvalue weighted by Crippen LogP contribution is 2.30. The second kappa shape index (κ2) is 4.73. The molecule has 3 nitrogen and oxygen atoms in total. The van der Waals surface area contributed by atoms with E-state index in [0.717, 1.165) is 18.6 Å². The van der Waals surface area contributed by atoms with Crippen molar-refractivity contribution in [3.63, 3.8) is 0 Å². The Morgan fingerprint density at radius 3 is 2.67 bits per heavy atom. The minimum atomic E-state index is 0.474. The SMILES string of the molecule is CC(C)n1c(C2CCNCC2)nc2ccccc21. The second-order valence-corrected chi connectivity index (χ2v) is 5.45. The highest BCUT2D eigenvalue weighted by Gasteiger charge is 2.23.